The number of benzene rings is 2. The zero-order valence-corrected chi connectivity index (χ0v) is 15.3. The molecule has 4 heteroatoms. The molecular formula is C17H15Br2ClO. The lowest BCUT2D eigenvalue weighted by atomic mass is 9.92. The molecule has 110 valence electrons. The van der Waals surface area contributed by atoms with E-state index >= 15 is 0 Å². The normalized spacial score (nSPS) is 14.6. The summed E-state index contributed by atoms with van der Waals surface area (Å²) in [6, 6.07) is 12.5. The van der Waals surface area contributed by atoms with Crippen molar-refractivity contribution in [2.75, 3.05) is 11.9 Å². The molecule has 0 fully saturated rings. The van der Waals surface area contributed by atoms with Crippen molar-refractivity contribution < 1.29 is 4.74 Å². The Kier molecular flexibility index (Phi) is 4.92. The molecule has 1 nitrogen and oxygen atoms in total. The second-order valence-corrected chi connectivity index (χ2v) is 7.26. The van der Waals surface area contributed by atoms with Crippen molar-refractivity contribution in [3.05, 3.63) is 62.6 Å². The summed E-state index contributed by atoms with van der Waals surface area (Å²) in [5, 5.41) is 1.69. The SMILES string of the molecule is Clc1ccc(C(CBr)Cc2cc(Br)cc3c2OCC3)cc1. The zero-order chi connectivity index (χ0) is 14.8. The molecule has 2 aromatic rings. The first kappa shape index (κ1) is 15.4. The first-order valence-corrected chi connectivity index (χ1v) is 9.22. The standard InChI is InChI=1S/C17H15Br2ClO/c18-10-14(11-1-3-16(20)4-2-11)7-13-9-15(19)8-12-5-6-21-17(12)13/h1-4,8-9,14H,5-7,10H2. The topological polar surface area (TPSA) is 9.23 Å². The molecule has 2 aromatic carbocycles. The summed E-state index contributed by atoms with van der Waals surface area (Å²) in [6.45, 7) is 0.790. The van der Waals surface area contributed by atoms with Crippen molar-refractivity contribution in [3.8, 4) is 5.75 Å². The van der Waals surface area contributed by atoms with Crippen molar-refractivity contribution in [2.24, 2.45) is 0 Å². The third-order valence-corrected chi connectivity index (χ3v) is 5.31. The van der Waals surface area contributed by atoms with Gasteiger partial charge in [0.25, 0.3) is 0 Å². The van der Waals surface area contributed by atoms with Gasteiger partial charge in [-0.1, -0.05) is 55.6 Å². The van der Waals surface area contributed by atoms with Gasteiger partial charge in [-0.15, -0.1) is 0 Å². The number of hydrogen-bond acceptors (Lipinski definition) is 1. The molecule has 0 saturated carbocycles. The lowest BCUT2D eigenvalue weighted by Gasteiger charge is -2.17. The number of alkyl halides is 1. The van der Waals surface area contributed by atoms with Crippen molar-refractivity contribution in [3.63, 3.8) is 0 Å². The summed E-state index contributed by atoms with van der Waals surface area (Å²) in [5.41, 5.74) is 3.88. The Morgan fingerprint density at radius 3 is 2.67 bits per heavy atom. The summed E-state index contributed by atoms with van der Waals surface area (Å²) in [5.74, 6) is 1.49. The van der Waals surface area contributed by atoms with Gasteiger partial charge >= 0.3 is 0 Å². The lowest BCUT2D eigenvalue weighted by molar-refractivity contribution is 0.353. The Morgan fingerprint density at radius 1 is 1.19 bits per heavy atom. The van der Waals surface area contributed by atoms with Gasteiger partial charge in [0.1, 0.15) is 5.75 Å². The van der Waals surface area contributed by atoms with E-state index in [4.69, 9.17) is 16.3 Å². The van der Waals surface area contributed by atoms with Gasteiger partial charge in [-0.2, -0.15) is 0 Å². The van der Waals surface area contributed by atoms with Gasteiger partial charge in [0.05, 0.1) is 6.61 Å². The van der Waals surface area contributed by atoms with Crippen LogP contribution in [0.4, 0.5) is 0 Å². The van der Waals surface area contributed by atoms with Crippen LogP contribution in [-0.2, 0) is 12.8 Å². The molecule has 0 spiro atoms. The molecule has 1 heterocycles. The van der Waals surface area contributed by atoms with Crippen LogP contribution < -0.4 is 4.74 Å². The van der Waals surface area contributed by atoms with E-state index in [9.17, 15) is 0 Å². The van der Waals surface area contributed by atoms with E-state index in [1.807, 2.05) is 12.1 Å². The predicted molar refractivity (Wildman–Crippen MR) is 95.0 cm³/mol. The van der Waals surface area contributed by atoms with Gasteiger partial charge in [0.2, 0.25) is 0 Å². The molecule has 0 radical (unpaired) electrons. The number of rotatable bonds is 4. The van der Waals surface area contributed by atoms with Gasteiger partial charge in [-0.3, -0.25) is 0 Å². The second-order valence-electron chi connectivity index (χ2n) is 5.26. The van der Waals surface area contributed by atoms with Crippen LogP contribution in [0.3, 0.4) is 0 Å². The van der Waals surface area contributed by atoms with Crippen LogP contribution in [0, 0.1) is 0 Å². The van der Waals surface area contributed by atoms with Crippen molar-refractivity contribution >= 4 is 43.5 Å². The maximum Gasteiger partial charge on any atom is 0.125 e. The molecule has 0 N–H and O–H groups in total. The fourth-order valence-electron chi connectivity index (χ4n) is 2.76. The minimum absolute atomic E-state index is 0.407. The summed E-state index contributed by atoms with van der Waals surface area (Å²) in [7, 11) is 0. The van der Waals surface area contributed by atoms with Crippen LogP contribution in [0.5, 0.6) is 5.75 Å². The van der Waals surface area contributed by atoms with Crippen LogP contribution in [0.15, 0.2) is 40.9 Å². The number of halogens is 3. The fraction of sp³-hybridized carbons (Fsp3) is 0.294. The molecule has 0 aliphatic carbocycles. The Labute approximate surface area is 146 Å². The van der Waals surface area contributed by atoms with Crippen LogP contribution in [-0.4, -0.2) is 11.9 Å². The highest BCUT2D eigenvalue weighted by Crippen LogP contribution is 2.36. The first-order valence-electron chi connectivity index (χ1n) is 6.93. The molecule has 3 rings (SSSR count). The van der Waals surface area contributed by atoms with E-state index in [0.717, 1.165) is 40.0 Å². The van der Waals surface area contributed by atoms with Crippen molar-refractivity contribution in [1.82, 2.24) is 0 Å². The Balaban J connectivity index is 1.89. The molecule has 21 heavy (non-hydrogen) atoms. The zero-order valence-electron chi connectivity index (χ0n) is 11.4. The summed E-state index contributed by atoms with van der Waals surface area (Å²) in [6.07, 6.45) is 1.95. The molecular weight excluding hydrogens is 415 g/mol. The maximum atomic E-state index is 5.98. The van der Waals surface area contributed by atoms with Crippen LogP contribution >= 0.6 is 43.5 Å². The van der Waals surface area contributed by atoms with Gasteiger partial charge in [-0.25, -0.2) is 0 Å². The molecule has 0 bridgehead atoms. The molecule has 1 aliphatic rings. The number of fused-ring (bicyclic) bond motifs is 1. The predicted octanol–water partition coefficient (Wildman–Crippen LogP) is 5.76. The summed E-state index contributed by atoms with van der Waals surface area (Å²) in [4.78, 5) is 0. The van der Waals surface area contributed by atoms with E-state index in [-0.39, 0.29) is 0 Å². The fourth-order valence-corrected chi connectivity index (χ4v) is 4.04. The highest BCUT2D eigenvalue weighted by atomic mass is 79.9. The quantitative estimate of drug-likeness (QED) is 0.561. The second kappa shape index (κ2) is 6.72. The molecule has 1 aliphatic heterocycles. The average Bonchev–Trinajstić information content (AvgIpc) is 2.94. The van der Waals surface area contributed by atoms with E-state index in [1.165, 1.54) is 16.7 Å². The van der Waals surface area contributed by atoms with E-state index in [2.05, 4.69) is 56.1 Å². The number of ether oxygens (including phenoxy) is 1. The molecule has 1 unspecified atom stereocenters. The van der Waals surface area contributed by atoms with Crippen molar-refractivity contribution in [1.29, 1.82) is 0 Å². The third kappa shape index (κ3) is 3.46. The third-order valence-electron chi connectivity index (χ3n) is 3.82. The molecule has 0 saturated heterocycles. The summed E-state index contributed by atoms with van der Waals surface area (Å²) >= 11 is 13.2. The Hall–Kier alpha value is -0.510. The lowest BCUT2D eigenvalue weighted by Crippen LogP contribution is -2.05. The van der Waals surface area contributed by atoms with Gasteiger partial charge in [0, 0.05) is 21.2 Å². The highest BCUT2D eigenvalue weighted by Gasteiger charge is 2.20. The summed E-state index contributed by atoms with van der Waals surface area (Å²) < 4.78 is 6.96. The van der Waals surface area contributed by atoms with Gasteiger partial charge in [-0.05, 0) is 53.3 Å². The molecule has 0 amide bonds. The smallest absolute Gasteiger partial charge is 0.125 e. The molecule has 1 atom stereocenters. The minimum atomic E-state index is 0.407. The minimum Gasteiger partial charge on any atom is -0.493 e. The van der Waals surface area contributed by atoms with Gasteiger partial charge in [0.15, 0.2) is 0 Å². The maximum absolute atomic E-state index is 5.98. The Morgan fingerprint density at radius 2 is 1.95 bits per heavy atom. The number of hydrogen-bond donors (Lipinski definition) is 0. The van der Waals surface area contributed by atoms with Crippen LogP contribution in [0.1, 0.15) is 22.6 Å². The Bertz CT molecular complexity index is 640. The average molecular weight is 431 g/mol. The highest BCUT2D eigenvalue weighted by molar-refractivity contribution is 9.10. The van der Waals surface area contributed by atoms with Crippen LogP contribution in [0.2, 0.25) is 5.02 Å². The monoisotopic (exact) mass is 428 g/mol. The van der Waals surface area contributed by atoms with E-state index in [1.54, 1.807) is 0 Å². The van der Waals surface area contributed by atoms with Crippen molar-refractivity contribution in [2.45, 2.75) is 18.8 Å². The van der Waals surface area contributed by atoms with E-state index in [0.29, 0.717) is 5.92 Å². The van der Waals surface area contributed by atoms with E-state index < -0.39 is 0 Å². The molecule has 0 aromatic heterocycles. The first-order chi connectivity index (χ1) is 10.2. The largest absolute Gasteiger partial charge is 0.493 e. The van der Waals surface area contributed by atoms with Crippen LogP contribution in [0.25, 0.3) is 0 Å². The van der Waals surface area contributed by atoms with Gasteiger partial charge < -0.3 is 4.74 Å².